The molecule has 1 N–H and O–H groups in total. The van der Waals surface area contributed by atoms with Crippen molar-refractivity contribution < 1.29 is 4.39 Å². The number of halogens is 3. The van der Waals surface area contributed by atoms with Gasteiger partial charge in [0, 0.05) is 10.0 Å². The second-order valence-corrected chi connectivity index (χ2v) is 4.84. The van der Waals surface area contributed by atoms with Gasteiger partial charge in [0.25, 0.3) is 0 Å². The van der Waals surface area contributed by atoms with Gasteiger partial charge < -0.3 is 0 Å². The number of H-pyrrole nitrogens is 1. The number of aromatic nitrogens is 2. The van der Waals surface area contributed by atoms with Gasteiger partial charge in [0.05, 0.1) is 5.02 Å². The smallest absolute Gasteiger partial charge is 0.255 e. The van der Waals surface area contributed by atoms with E-state index in [-0.39, 0.29) is 20.5 Å². The van der Waals surface area contributed by atoms with E-state index in [2.05, 4.69) is 26.1 Å². The lowest BCUT2D eigenvalue weighted by molar-refractivity contribution is 0.630. The van der Waals surface area contributed by atoms with Crippen LogP contribution in [0.3, 0.4) is 0 Å². The molecule has 78 valence electrons. The first kappa shape index (κ1) is 10.8. The Balaban J connectivity index is 2.64. The highest BCUT2D eigenvalue weighted by Gasteiger charge is 2.14. The van der Waals surface area contributed by atoms with E-state index < -0.39 is 5.82 Å². The molecule has 0 radical (unpaired) electrons. The highest BCUT2D eigenvalue weighted by molar-refractivity contribution is 9.10. The van der Waals surface area contributed by atoms with Gasteiger partial charge in [0.15, 0.2) is 10.8 Å². The van der Waals surface area contributed by atoms with Crippen molar-refractivity contribution in [3.63, 3.8) is 0 Å². The predicted molar refractivity (Wildman–Crippen MR) is 60.8 cm³/mol. The molecule has 0 saturated heterocycles. The Morgan fingerprint density at radius 1 is 1.53 bits per heavy atom. The molecule has 0 aliphatic rings. The summed E-state index contributed by atoms with van der Waals surface area (Å²) in [6.45, 7) is 0. The second kappa shape index (κ2) is 4.03. The van der Waals surface area contributed by atoms with Gasteiger partial charge in [-0.3, -0.25) is 4.79 Å². The number of aromatic amines is 1. The topological polar surface area (TPSA) is 45.8 Å². The van der Waals surface area contributed by atoms with E-state index in [1.807, 2.05) is 0 Å². The van der Waals surface area contributed by atoms with Crippen molar-refractivity contribution in [1.82, 2.24) is 10.2 Å². The van der Waals surface area contributed by atoms with E-state index in [9.17, 15) is 9.18 Å². The molecule has 2 aromatic rings. The molecule has 0 saturated carbocycles. The first-order valence-electron chi connectivity index (χ1n) is 3.79. The molecule has 0 spiro atoms. The molecule has 1 heterocycles. The lowest BCUT2D eigenvalue weighted by atomic mass is 10.2. The van der Waals surface area contributed by atoms with Crippen LogP contribution in [0, 0.1) is 5.82 Å². The van der Waals surface area contributed by atoms with Crippen molar-refractivity contribution in [3.05, 3.63) is 37.1 Å². The number of benzene rings is 1. The third kappa shape index (κ3) is 1.97. The summed E-state index contributed by atoms with van der Waals surface area (Å²) in [5.74, 6) is -0.589. The number of nitrogens with one attached hydrogen (secondary N) is 1. The molecule has 0 fully saturated rings. The fourth-order valence-corrected chi connectivity index (χ4v) is 2.13. The first-order chi connectivity index (χ1) is 7.09. The Hall–Kier alpha value is -0.720. The minimum Gasteiger partial charge on any atom is -0.255 e. The van der Waals surface area contributed by atoms with E-state index in [1.54, 1.807) is 6.07 Å². The summed E-state index contributed by atoms with van der Waals surface area (Å²) in [6, 6.07) is 3.12. The molecule has 3 nitrogen and oxygen atoms in total. The van der Waals surface area contributed by atoms with E-state index in [0.717, 1.165) is 11.3 Å². The van der Waals surface area contributed by atoms with Crippen molar-refractivity contribution in [3.8, 4) is 10.6 Å². The predicted octanol–water partition coefficient (Wildman–Crippen LogP) is 3.05. The maximum absolute atomic E-state index is 13.6. The average Bonchev–Trinajstić information content (AvgIpc) is 2.61. The van der Waals surface area contributed by atoms with Gasteiger partial charge in [0.1, 0.15) is 0 Å². The third-order valence-electron chi connectivity index (χ3n) is 1.70. The number of rotatable bonds is 1. The SMILES string of the molecule is O=c1[nH]nc(-c2ccc(Br)c(Cl)c2F)s1. The fraction of sp³-hybridized carbons (Fsp3) is 0. The lowest BCUT2D eigenvalue weighted by Crippen LogP contribution is -1.90. The van der Waals surface area contributed by atoms with Gasteiger partial charge in [-0.15, -0.1) is 0 Å². The van der Waals surface area contributed by atoms with Crippen LogP contribution in [0.2, 0.25) is 5.02 Å². The van der Waals surface area contributed by atoms with Gasteiger partial charge >= 0.3 is 4.87 Å². The van der Waals surface area contributed by atoms with Crippen LogP contribution >= 0.6 is 38.9 Å². The number of nitrogens with zero attached hydrogens (tertiary/aromatic N) is 1. The second-order valence-electron chi connectivity index (χ2n) is 2.64. The average molecular weight is 310 g/mol. The van der Waals surface area contributed by atoms with E-state index >= 15 is 0 Å². The molecule has 0 amide bonds. The van der Waals surface area contributed by atoms with Crippen molar-refractivity contribution in [2.75, 3.05) is 0 Å². The zero-order chi connectivity index (χ0) is 11.0. The van der Waals surface area contributed by atoms with Crippen molar-refractivity contribution in [2.24, 2.45) is 0 Å². The third-order valence-corrected chi connectivity index (χ3v) is 3.74. The lowest BCUT2D eigenvalue weighted by Gasteiger charge is -2.01. The van der Waals surface area contributed by atoms with Crippen molar-refractivity contribution in [2.45, 2.75) is 0 Å². The minimum atomic E-state index is -0.589. The van der Waals surface area contributed by atoms with E-state index in [1.165, 1.54) is 6.07 Å². The maximum Gasteiger partial charge on any atom is 0.322 e. The molecule has 0 bridgehead atoms. The molecule has 0 unspecified atom stereocenters. The Labute approximate surface area is 101 Å². The van der Waals surface area contributed by atoms with Gasteiger partial charge in [-0.2, -0.15) is 5.10 Å². The van der Waals surface area contributed by atoms with E-state index in [0.29, 0.717) is 4.47 Å². The van der Waals surface area contributed by atoms with Gasteiger partial charge in [-0.25, -0.2) is 9.49 Å². The highest BCUT2D eigenvalue weighted by Crippen LogP contribution is 2.32. The summed E-state index contributed by atoms with van der Waals surface area (Å²) < 4.78 is 14.1. The van der Waals surface area contributed by atoms with Crippen LogP contribution in [-0.2, 0) is 0 Å². The van der Waals surface area contributed by atoms with Crippen LogP contribution in [0.1, 0.15) is 0 Å². The number of hydrogen-bond acceptors (Lipinski definition) is 3. The summed E-state index contributed by atoms with van der Waals surface area (Å²) in [6.07, 6.45) is 0. The Kier molecular flexibility index (Phi) is 2.90. The molecule has 2 rings (SSSR count). The quantitative estimate of drug-likeness (QED) is 0.823. The Bertz CT molecular complexity index is 568. The Morgan fingerprint density at radius 2 is 2.27 bits per heavy atom. The fourth-order valence-electron chi connectivity index (χ4n) is 1.04. The summed E-state index contributed by atoms with van der Waals surface area (Å²) >= 11 is 9.64. The van der Waals surface area contributed by atoms with Crippen LogP contribution in [0.15, 0.2) is 21.4 Å². The van der Waals surface area contributed by atoms with Crippen LogP contribution < -0.4 is 4.87 Å². The summed E-state index contributed by atoms with van der Waals surface area (Å²) in [4.78, 5) is 10.5. The van der Waals surface area contributed by atoms with Crippen molar-refractivity contribution in [1.29, 1.82) is 0 Å². The molecule has 0 aliphatic heterocycles. The van der Waals surface area contributed by atoms with Gasteiger partial charge in [-0.1, -0.05) is 22.9 Å². The van der Waals surface area contributed by atoms with Gasteiger partial charge in [0.2, 0.25) is 0 Å². The van der Waals surface area contributed by atoms with Gasteiger partial charge in [-0.05, 0) is 28.1 Å². The molecule has 0 aliphatic carbocycles. The standard InChI is InChI=1S/C8H3BrClFN2OS/c9-4-2-1-3(6(11)5(4)10)7-12-13-8(14)15-7/h1-2H,(H,13,14). The minimum absolute atomic E-state index is 0.0184. The summed E-state index contributed by atoms with van der Waals surface area (Å²) in [5.41, 5.74) is 0.214. The zero-order valence-corrected chi connectivity index (χ0v) is 10.2. The summed E-state index contributed by atoms with van der Waals surface area (Å²) in [7, 11) is 0. The molecular formula is C8H3BrClFN2OS. The molecule has 0 atom stereocenters. The summed E-state index contributed by atoms with van der Waals surface area (Å²) in [5, 5.41) is 6.17. The van der Waals surface area contributed by atoms with Crippen LogP contribution in [-0.4, -0.2) is 10.2 Å². The Morgan fingerprint density at radius 3 is 2.87 bits per heavy atom. The molecule has 1 aromatic carbocycles. The van der Waals surface area contributed by atoms with Crippen LogP contribution in [0.5, 0.6) is 0 Å². The van der Waals surface area contributed by atoms with Crippen LogP contribution in [0.4, 0.5) is 4.39 Å². The zero-order valence-electron chi connectivity index (χ0n) is 7.05. The van der Waals surface area contributed by atoms with E-state index in [4.69, 9.17) is 11.6 Å². The molecule has 1 aromatic heterocycles. The monoisotopic (exact) mass is 308 g/mol. The number of hydrogen-bond donors (Lipinski definition) is 1. The van der Waals surface area contributed by atoms with Crippen LogP contribution in [0.25, 0.3) is 10.6 Å². The molecule has 15 heavy (non-hydrogen) atoms. The normalized spacial score (nSPS) is 10.6. The van der Waals surface area contributed by atoms with Crippen molar-refractivity contribution >= 4 is 38.9 Å². The maximum atomic E-state index is 13.6. The first-order valence-corrected chi connectivity index (χ1v) is 5.77. The molecule has 7 heteroatoms. The highest BCUT2D eigenvalue weighted by atomic mass is 79.9. The molecular weight excluding hydrogens is 307 g/mol. The largest absolute Gasteiger partial charge is 0.322 e.